The highest BCUT2D eigenvalue weighted by Gasteiger charge is 2.15. The summed E-state index contributed by atoms with van der Waals surface area (Å²) in [6.07, 6.45) is 1.34. The van der Waals surface area contributed by atoms with Crippen LogP contribution in [0.15, 0.2) is 48.7 Å². The lowest BCUT2D eigenvalue weighted by Gasteiger charge is -2.25. The Morgan fingerprint density at radius 2 is 1.28 bits per heavy atom. The number of hydrogen-bond donors (Lipinski definition) is 0. The second-order valence-electron chi connectivity index (χ2n) is 7.22. The van der Waals surface area contributed by atoms with Crippen molar-refractivity contribution in [3.8, 4) is 0 Å². The molecule has 2 heterocycles. The molecular weight excluding hydrogens is 412 g/mol. The predicted octanol–water partition coefficient (Wildman–Crippen LogP) is 2.42. The molecule has 1 aliphatic rings. The number of nitrogens with zero attached hydrogens (tertiary/aromatic N) is 2. The summed E-state index contributed by atoms with van der Waals surface area (Å²) in [5.41, 5.74) is 1.76. The molecule has 1 saturated heterocycles. The van der Waals surface area contributed by atoms with Crippen molar-refractivity contribution in [3.63, 3.8) is 0 Å². The largest absolute Gasteiger partial charge is 0.377 e. The summed E-state index contributed by atoms with van der Waals surface area (Å²) in [7, 11) is 0. The van der Waals surface area contributed by atoms with Gasteiger partial charge in [0.1, 0.15) is 5.69 Å². The van der Waals surface area contributed by atoms with Crippen LogP contribution in [0.5, 0.6) is 0 Å². The summed E-state index contributed by atoms with van der Waals surface area (Å²) in [6.45, 7) is 5.71. The fourth-order valence-electron chi connectivity index (χ4n) is 3.21. The minimum atomic E-state index is -0.285. The van der Waals surface area contributed by atoms with E-state index in [0.29, 0.717) is 77.2 Å². The second kappa shape index (κ2) is 13.7. The smallest absolute Gasteiger partial charge is 0.188 e. The van der Waals surface area contributed by atoms with Gasteiger partial charge in [0.15, 0.2) is 11.6 Å². The molecule has 1 fully saturated rings. The molecule has 0 atom stereocenters. The van der Waals surface area contributed by atoms with Crippen molar-refractivity contribution in [1.82, 2.24) is 4.98 Å². The monoisotopic (exact) mass is 442 g/mol. The molecule has 0 unspecified atom stereocenters. The average Bonchev–Trinajstić information content (AvgIpc) is 2.84. The first-order valence-corrected chi connectivity index (χ1v) is 10.9. The van der Waals surface area contributed by atoms with Gasteiger partial charge in [-0.2, -0.15) is 0 Å². The first-order valence-electron chi connectivity index (χ1n) is 10.9. The number of carbonyl (C=O) groups is 2. The van der Waals surface area contributed by atoms with Crippen LogP contribution >= 0.6 is 0 Å². The van der Waals surface area contributed by atoms with E-state index in [9.17, 15) is 9.59 Å². The minimum absolute atomic E-state index is 0.202. The van der Waals surface area contributed by atoms with Crippen LogP contribution in [0.1, 0.15) is 27.3 Å². The number of benzene rings is 1. The molecule has 1 aliphatic heterocycles. The van der Waals surface area contributed by atoms with Gasteiger partial charge in [-0.3, -0.25) is 14.6 Å². The molecule has 8 heteroatoms. The van der Waals surface area contributed by atoms with E-state index in [4.69, 9.17) is 18.9 Å². The molecule has 0 saturated carbocycles. The molecule has 0 bridgehead atoms. The molecule has 0 N–H and O–H groups in total. The standard InChI is InChI=1S/C24H30N2O6/c27-23(19-24(28)22-3-1-2-8-25-22)20-4-6-21(7-5-20)26-9-11-29-13-15-31-17-18-32-16-14-30-12-10-26/h1-8H,9-19H2. The average molecular weight is 443 g/mol. The Hall–Kier alpha value is -2.65. The van der Waals surface area contributed by atoms with Gasteiger partial charge in [-0.05, 0) is 36.4 Å². The van der Waals surface area contributed by atoms with Crippen molar-refractivity contribution in [3.05, 3.63) is 59.9 Å². The third kappa shape index (κ3) is 8.12. The molecule has 2 aromatic rings. The topological polar surface area (TPSA) is 87.2 Å². The molecule has 8 nitrogen and oxygen atoms in total. The summed E-state index contributed by atoms with van der Waals surface area (Å²) in [5, 5.41) is 0. The third-order valence-corrected chi connectivity index (χ3v) is 4.95. The summed E-state index contributed by atoms with van der Waals surface area (Å²) >= 11 is 0. The number of hydrogen-bond acceptors (Lipinski definition) is 8. The second-order valence-corrected chi connectivity index (χ2v) is 7.22. The third-order valence-electron chi connectivity index (χ3n) is 4.95. The fourth-order valence-corrected chi connectivity index (χ4v) is 3.21. The van der Waals surface area contributed by atoms with Crippen molar-refractivity contribution in [2.45, 2.75) is 6.42 Å². The lowest BCUT2D eigenvalue weighted by atomic mass is 10.0. The summed E-state index contributed by atoms with van der Waals surface area (Å²) in [6, 6.07) is 12.4. The van der Waals surface area contributed by atoms with Gasteiger partial charge < -0.3 is 23.8 Å². The van der Waals surface area contributed by atoms with Crippen LogP contribution < -0.4 is 4.90 Å². The number of ketones is 2. The van der Waals surface area contributed by atoms with Gasteiger partial charge in [0, 0.05) is 30.5 Å². The van der Waals surface area contributed by atoms with Crippen molar-refractivity contribution in [2.75, 3.05) is 70.8 Å². The molecular formula is C24H30N2O6. The minimum Gasteiger partial charge on any atom is -0.377 e. The normalized spacial score (nSPS) is 17.2. The van der Waals surface area contributed by atoms with Crippen LogP contribution in [0, 0.1) is 0 Å². The quantitative estimate of drug-likeness (QED) is 0.515. The highest BCUT2D eigenvalue weighted by Crippen LogP contribution is 2.17. The van der Waals surface area contributed by atoms with Crippen molar-refractivity contribution >= 4 is 17.3 Å². The maximum atomic E-state index is 12.5. The number of carbonyl (C=O) groups excluding carboxylic acids is 2. The highest BCUT2D eigenvalue weighted by molar-refractivity contribution is 6.12. The van der Waals surface area contributed by atoms with Gasteiger partial charge in [0.05, 0.1) is 59.3 Å². The van der Waals surface area contributed by atoms with E-state index in [1.54, 1.807) is 36.5 Å². The molecule has 3 rings (SSSR count). The summed E-state index contributed by atoms with van der Waals surface area (Å²) < 4.78 is 22.2. The molecule has 0 amide bonds. The van der Waals surface area contributed by atoms with Crippen molar-refractivity contribution in [2.24, 2.45) is 0 Å². The maximum Gasteiger partial charge on any atom is 0.188 e. The number of ether oxygens (including phenoxy) is 4. The molecule has 0 radical (unpaired) electrons. The first kappa shape index (κ1) is 24.0. The molecule has 1 aromatic heterocycles. The van der Waals surface area contributed by atoms with E-state index in [1.807, 2.05) is 12.1 Å². The first-order chi connectivity index (χ1) is 15.7. The van der Waals surface area contributed by atoms with E-state index in [1.165, 1.54) is 0 Å². The van der Waals surface area contributed by atoms with Gasteiger partial charge in [-0.25, -0.2) is 0 Å². The summed E-state index contributed by atoms with van der Waals surface area (Å²) in [5.74, 6) is -0.511. The van der Waals surface area contributed by atoms with E-state index < -0.39 is 0 Å². The highest BCUT2D eigenvalue weighted by atomic mass is 16.6. The lowest BCUT2D eigenvalue weighted by Crippen LogP contribution is -2.31. The van der Waals surface area contributed by atoms with Crippen LogP contribution in [-0.2, 0) is 18.9 Å². The van der Waals surface area contributed by atoms with Crippen molar-refractivity contribution < 1.29 is 28.5 Å². The number of Topliss-reactive ketones (excluding diaryl/α,β-unsaturated/α-hetero) is 2. The Labute approximate surface area is 188 Å². The van der Waals surface area contributed by atoms with E-state index >= 15 is 0 Å². The van der Waals surface area contributed by atoms with Gasteiger partial charge in [0.2, 0.25) is 0 Å². The van der Waals surface area contributed by atoms with Crippen molar-refractivity contribution in [1.29, 1.82) is 0 Å². The van der Waals surface area contributed by atoms with Crippen LogP contribution in [0.25, 0.3) is 0 Å². The molecule has 1 aromatic carbocycles. The Morgan fingerprint density at radius 1 is 0.719 bits per heavy atom. The van der Waals surface area contributed by atoms with Crippen LogP contribution in [-0.4, -0.2) is 82.5 Å². The zero-order valence-corrected chi connectivity index (χ0v) is 18.2. The Morgan fingerprint density at radius 3 is 1.81 bits per heavy atom. The Bertz CT molecular complexity index is 812. The Balaban J connectivity index is 1.57. The van der Waals surface area contributed by atoms with Crippen LogP contribution in [0.2, 0.25) is 0 Å². The van der Waals surface area contributed by atoms with Crippen LogP contribution in [0.3, 0.4) is 0 Å². The van der Waals surface area contributed by atoms with Gasteiger partial charge in [-0.15, -0.1) is 0 Å². The number of anilines is 1. The predicted molar refractivity (Wildman–Crippen MR) is 119 cm³/mol. The molecule has 172 valence electrons. The summed E-state index contributed by atoms with van der Waals surface area (Å²) in [4.78, 5) is 31.0. The van der Waals surface area contributed by atoms with E-state index in [0.717, 1.165) is 5.69 Å². The van der Waals surface area contributed by atoms with Gasteiger partial charge in [-0.1, -0.05) is 6.07 Å². The van der Waals surface area contributed by atoms with E-state index in [-0.39, 0.29) is 18.0 Å². The lowest BCUT2D eigenvalue weighted by molar-refractivity contribution is 0.00206. The zero-order chi connectivity index (χ0) is 22.4. The van der Waals surface area contributed by atoms with E-state index in [2.05, 4.69) is 9.88 Å². The zero-order valence-electron chi connectivity index (χ0n) is 18.2. The molecule has 0 aliphatic carbocycles. The number of aromatic nitrogens is 1. The molecule has 32 heavy (non-hydrogen) atoms. The maximum absolute atomic E-state index is 12.5. The SMILES string of the molecule is O=C(CC(=O)c1ccccn1)c1ccc(N2CCOCCOCCOCCOCC2)cc1. The van der Waals surface area contributed by atoms with Crippen LogP contribution in [0.4, 0.5) is 5.69 Å². The van der Waals surface area contributed by atoms with Gasteiger partial charge in [0.25, 0.3) is 0 Å². The number of pyridine rings is 1. The number of rotatable bonds is 5. The molecule has 0 spiro atoms. The Kier molecular flexibility index (Phi) is 10.3. The fraction of sp³-hybridized carbons (Fsp3) is 0.458. The van der Waals surface area contributed by atoms with Gasteiger partial charge >= 0.3 is 0 Å².